The molecule has 7 heteroatoms. The Balaban J connectivity index is 3.86. The molecule has 0 aliphatic carbocycles. The fourth-order valence-corrected chi connectivity index (χ4v) is 0.773. The van der Waals surface area contributed by atoms with E-state index in [1.54, 1.807) is 6.92 Å². The number of esters is 2. The smallest absolute Gasteiger partial charge is 0.347 e. The van der Waals surface area contributed by atoms with E-state index in [1.165, 1.54) is 6.92 Å². The van der Waals surface area contributed by atoms with Gasteiger partial charge in [0, 0.05) is 0 Å². The zero-order valence-electron chi connectivity index (χ0n) is 9.19. The first-order valence-corrected chi connectivity index (χ1v) is 4.75. The number of carbonyl (C=O) groups is 3. The summed E-state index contributed by atoms with van der Waals surface area (Å²) in [5.41, 5.74) is 0. The molecule has 2 N–H and O–H groups in total. The number of amides is 1. The molecular formula is C9H15NO6. The van der Waals surface area contributed by atoms with Crippen molar-refractivity contribution in [1.29, 1.82) is 0 Å². The van der Waals surface area contributed by atoms with Gasteiger partial charge >= 0.3 is 11.9 Å². The molecule has 7 nitrogen and oxygen atoms in total. The minimum Gasteiger partial charge on any atom is -0.463 e. The van der Waals surface area contributed by atoms with Crippen molar-refractivity contribution in [2.75, 3.05) is 19.8 Å². The second kappa shape index (κ2) is 7.63. The zero-order valence-corrected chi connectivity index (χ0v) is 9.19. The van der Waals surface area contributed by atoms with Gasteiger partial charge in [-0.05, 0) is 13.8 Å². The van der Waals surface area contributed by atoms with Crippen LogP contribution >= 0.6 is 0 Å². The summed E-state index contributed by atoms with van der Waals surface area (Å²) in [6.07, 6.45) is -1.02. The molecule has 1 atom stereocenters. The Morgan fingerprint density at radius 1 is 1.38 bits per heavy atom. The van der Waals surface area contributed by atoms with Crippen LogP contribution in [0.25, 0.3) is 0 Å². The van der Waals surface area contributed by atoms with Crippen LogP contribution in [0.2, 0.25) is 0 Å². The SMILES string of the molecule is CCOC(=O)C(C)OC(=O)CNC(=O)CO. The molecule has 0 spiro atoms. The lowest BCUT2D eigenvalue weighted by Gasteiger charge is -2.11. The lowest BCUT2D eigenvalue weighted by atomic mass is 10.4. The Labute approximate surface area is 92.7 Å². The van der Waals surface area contributed by atoms with Gasteiger partial charge < -0.3 is 19.9 Å². The standard InChI is InChI=1S/C9H15NO6/c1-3-15-9(14)6(2)16-8(13)4-10-7(12)5-11/h6,11H,3-5H2,1-2H3,(H,10,12). The van der Waals surface area contributed by atoms with E-state index in [-0.39, 0.29) is 6.61 Å². The van der Waals surface area contributed by atoms with Crippen molar-refractivity contribution < 1.29 is 29.0 Å². The van der Waals surface area contributed by atoms with Crippen LogP contribution in [-0.4, -0.2) is 48.8 Å². The maximum Gasteiger partial charge on any atom is 0.347 e. The van der Waals surface area contributed by atoms with Gasteiger partial charge in [-0.25, -0.2) is 4.79 Å². The second-order valence-electron chi connectivity index (χ2n) is 2.82. The highest BCUT2D eigenvalue weighted by Gasteiger charge is 2.18. The monoisotopic (exact) mass is 233 g/mol. The van der Waals surface area contributed by atoms with E-state index in [2.05, 4.69) is 14.8 Å². The van der Waals surface area contributed by atoms with E-state index >= 15 is 0 Å². The van der Waals surface area contributed by atoms with Gasteiger partial charge in [0.15, 0.2) is 6.10 Å². The molecule has 16 heavy (non-hydrogen) atoms. The number of aliphatic hydroxyl groups is 1. The number of rotatable bonds is 6. The third-order valence-electron chi connectivity index (χ3n) is 1.50. The molecule has 0 bridgehead atoms. The highest BCUT2D eigenvalue weighted by molar-refractivity contribution is 5.84. The van der Waals surface area contributed by atoms with E-state index < -0.39 is 37.1 Å². The normalized spacial score (nSPS) is 11.4. The number of hydrogen-bond acceptors (Lipinski definition) is 6. The Morgan fingerprint density at radius 2 is 2.00 bits per heavy atom. The van der Waals surface area contributed by atoms with Gasteiger partial charge in [-0.15, -0.1) is 0 Å². The van der Waals surface area contributed by atoms with Crippen molar-refractivity contribution in [3.8, 4) is 0 Å². The molecule has 0 radical (unpaired) electrons. The van der Waals surface area contributed by atoms with Gasteiger partial charge in [0.05, 0.1) is 6.61 Å². The van der Waals surface area contributed by atoms with E-state index in [1.807, 2.05) is 0 Å². The summed E-state index contributed by atoms with van der Waals surface area (Å²) in [4.78, 5) is 32.7. The molecule has 1 amide bonds. The molecule has 92 valence electrons. The van der Waals surface area contributed by atoms with Crippen molar-refractivity contribution in [2.45, 2.75) is 20.0 Å². The third-order valence-corrected chi connectivity index (χ3v) is 1.50. The maximum absolute atomic E-state index is 11.1. The molecule has 1 unspecified atom stereocenters. The Kier molecular flexibility index (Phi) is 6.86. The van der Waals surface area contributed by atoms with Gasteiger partial charge in [0.2, 0.25) is 5.91 Å². The first-order chi connectivity index (χ1) is 7.51. The topological polar surface area (TPSA) is 102 Å². The number of carbonyl (C=O) groups excluding carboxylic acids is 3. The quantitative estimate of drug-likeness (QED) is 0.546. The largest absolute Gasteiger partial charge is 0.463 e. The molecule has 0 rings (SSSR count). The minimum atomic E-state index is -1.02. The molecule has 0 heterocycles. The molecule has 0 saturated heterocycles. The van der Waals surface area contributed by atoms with Crippen molar-refractivity contribution in [3.05, 3.63) is 0 Å². The molecule has 0 aromatic heterocycles. The minimum absolute atomic E-state index is 0.196. The molecule has 0 aromatic rings. The lowest BCUT2D eigenvalue weighted by molar-refractivity contribution is -0.165. The van der Waals surface area contributed by atoms with Crippen LogP contribution < -0.4 is 5.32 Å². The van der Waals surface area contributed by atoms with Crippen LogP contribution in [0.15, 0.2) is 0 Å². The number of nitrogens with one attached hydrogen (secondary N) is 1. The number of ether oxygens (including phenoxy) is 2. The van der Waals surface area contributed by atoms with Crippen LogP contribution in [0.5, 0.6) is 0 Å². The zero-order chi connectivity index (χ0) is 12.6. The van der Waals surface area contributed by atoms with Gasteiger partial charge in [-0.2, -0.15) is 0 Å². The van der Waals surface area contributed by atoms with E-state index in [4.69, 9.17) is 5.11 Å². The average molecular weight is 233 g/mol. The first-order valence-electron chi connectivity index (χ1n) is 4.75. The summed E-state index contributed by atoms with van der Waals surface area (Å²) >= 11 is 0. The highest BCUT2D eigenvalue weighted by Crippen LogP contribution is 1.95. The van der Waals surface area contributed by atoms with Crippen LogP contribution in [0, 0.1) is 0 Å². The summed E-state index contributed by atoms with van der Waals surface area (Å²) in [7, 11) is 0. The van der Waals surface area contributed by atoms with Crippen molar-refractivity contribution in [1.82, 2.24) is 5.32 Å². The predicted molar refractivity (Wildman–Crippen MR) is 52.3 cm³/mol. The van der Waals surface area contributed by atoms with Gasteiger partial charge in [-0.1, -0.05) is 0 Å². The van der Waals surface area contributed by atoms with Crippen molar-refractivity contribution in [2.24, 2.45) is 0 Å². The fraction of sp³-hybridized carbons (Fsp3) is 0.667. The second-order valence-corrected chi connectivity index (χ2v) is 2.82. The first kappa shape index (κ1) is 14.4. The molecule has 0 saturated carbocycles. The molecule has 0 aliphatic heterocycles. The number of hydrogen-bond donors (Lipinski definition) is 2. The number of aliphatic hydroxyl groups excluding tert-OH is 1. The summed E-state index contributed by atoms with van der Waals surface area (Å²) in [5.74, 6) is -2.12. The molecular weight excluding hydrogens is 218 g/mol. The van der Waals surface area contributed by atoms with Crippen molar-refractivity contribution >= 4 is 17.8 Å². The Hall–Kier alpha value is -1.63. The maximum atomic E-state index is 11.1. The van der Waals surface area contributed by atoms with Crippen molar-refractivity contribution in [3.63, 3.8) is 0 Å². The van der Waals surface area contributed by atoms with Crippen LogP contribution in [0.3, 0.4) is 0 Å². The highest BCUT2D eigenvalue weighted by atomic mass is 16.6. The average Bonchev–Trinajstić information content (AvgIpc) is 2.26. The summed E-state index contributed by atoms with van der Waals surface area (Å²) in [5, 5.41) is 10.4. The summed E-state index contributed by atoms with van der Waals surface area (Å²) in [6, 6.07) is 0. The molecule has 0 aromatic carbocycles. The van der Waals surface area contributed by atoms with Gasteiger partial charge in [0.25, 0.3) is 0 Å². The van der Waals surface area contributed by atoms with Crippen LogP contribution in [0.4, 0.5) is 0 Å². The van der Waals surface area contributed by atoms with Crippen LogP contribution in [0.1, 0.15) is 13.8 Å². The van der Waals surface area contributed by atoms with E-state index in [0.717, 1.165) is 0 Å². The summed E-state index contributed by atoms with van der Waals surface area (Å²) in [6.45, 7) is 2.09. The van der Waals surface area contributed by atoms with E-state index in [9.17, 15) is 14.4 Å². The summed E-state index contributed by atoms with van der Waals surface area (Å²) < 4.78 is 9.26. The molecule has 0 aliphatic rings. The van der Waals surface area contributed by atoms with E-state index in [0.29, 0.717) is 0 Å². The Morgan fingerprint density at radius 3 is 2.50 bits per heavy atom. The Bertz CT molecular complexity index is 265. The van der Waals surface area contributed by atoms with Gasteiger partial charge in [0.1, 0.15) is 13.2 Å². The lowest BCUT2D eigenvalue weighted by Crippen LogP contribution is -2.35. The molecule has 0 fully saturated rings. The third kappa shape index (κ3) is 5.97. The predicted octanol–water partition coefficient (Wildman–Crippen LogP) is -1.41. The van der Waals surface area contributed by atoms with Crippen LogP contribution in [-0.2, 0) is 23.9 Å². The van der Waals surface area contributed by atoms with Gasteiger partial charge in [-0.3, -0.25) is 9.59 Å². The fourth-order valence-electron chi connectivity index (χ4n) is 0.773.